The minimum Gasteiger partial charge on any atom is -0.784 e. The van der Waals surface area contributed by atoms with Gasteiger partial charge in [0.2, 0.25) is 0 Å². The fourth-order valence-corrected chi connectivity index (χ4v) is 0.149. The number of rotatable bonds is 2. The fourth-order valence-electron chi connectivity index (χ4n) is 0.149. The first-order chi connectivity index (χ1) is 4.50. The third kappa shape index (κ3) is 60.6. The summed E-state index contributed by atoms with van der Waals surface area (Å²) < 4.78 is 25.3. The average Bonchev–Trinajstić information content (AvgIpc) is 1.62. The van der Waals surface area contributed by atoms with Gasteiger partial charge in [-0.05, 0) is 14.1 Å². The molecule has 0 aliphatic carbocycles. The molecule has 0 bridgehead atoms. The Morgan fingerprint density at radius 1 is 1.33 bits per heavy atom. The zero-order valence-electron chi connectivity index (χ0n) is 7.77. The summed E-state index contributed by atoms with van der Waals surface area (Å²) in [6.07, 6.45) is 0.875. The molecular weight excluding hydrogens is 204 g/mol. The Bertz CT molecular complexity index is 109. The third-order valence-corrected chi connectivity index (χ3v) is 0.440. The number of hydrogen-bond donors (Lipinski definition) is 0. The van der Waals surface area contributed by atoms with Gasteiger partial charge in [0.1, 0.15) is 6.29 Å². The van der Waals surface area contributed by atoms with Crippen LogP contribution in [0.5, 0.6) is 0 Å². The number of carbonyl (C=O) groups is 1. The summed E-state index contributed by atoms with van der Waals surface area (Å²) in [5, 5.41) is 0. The average molecular weight is 213 g/mol. The van der Waals surface area contributed by atoms with Crippen molar-refractivity contribution >= 4 is 17.6 Å². The molecular formula is C4H9NNa2O4S. The largest absolute Gasteiger partial charge is 1.00 e. The van der Waals surface area contributed by atoms with Gasteiger partial charge in [0, 0.05) is 0 Å². The zero-order chi connectivity index (χ0) is 8.57. The van der Waals surface area contributed by atoms with E-state index in [1.54, 1.807) is 0 Å². The van der Waals surface area contributed by atoms with Crippen molar-refractivity contribution in [3.05, 3.63) is 0 Å². The Morgan fingerprint density at radius 3 is 1.58 bits per heavy atom. The molecule has 0 fully saturated rings. The van der Waals surface area contributed by atoms with Gasteiger partial charge < -0.3 is 18.8 Å². The number of likely N-dealkylation sites (N-methyl/N-ethyl adjacent to an activating group) is 1. The quantitative estimate of drug-likeness (QED) is 0.258. The third-order valence-electron chi connectivity index (χ3n) is 0.440. The second-order valence-electron chi connectivity index (χ2n) is 1.63. The van der Waals surface area contributed by atoms with Crippen LogP contribution in [-0.2, 0) is 16.2 Å². The van der Waals surface area contributed by atoms with Crippen molar-refractivity contribution in [3.63, 3.8) is 0 Å². The Morgan fingerprint density at radius 2 is 1.58 bits per heavy atom. The minimum atomic E-state index is -3.11. The van der Waals surface area contributed by atoms with Gasteiger partial charge in [-0.1, -0.05) is 0 Å². The van der Waals surface area contributed by atoms with Crippen LogP contribution in [0.3, 0.4) is 0 Å². The maximum atomic E-state index is 9.57. The van der Waals surface area contributed by atoms with Crippen molar-refractivity contribution in [2.45, 2.75) is 0 Å². The van der Waals surface area contributed by atoms with Crippen LogP contribution in [0.15, 0.2) is 0 Å². The van der Waals surface area contributed by atoms with E-state index in [2.05, 4.69) is 0 Å². The van der Waals surface area contributed by atoms with E-state index in [1.165, 1.54) is 0 Å². The molecule has 0 aromatic heterocycles. The van der Waals surface area contributed by atoms with Gasteiger partial charge in [-0.25, -0.2) is 0 Å². The van der Waals surface area contributed by atoms with Crippen LogP contribution in [0.1, 0.15) is 0 Å². The van der Waals surface area contributed by atoms with Crippen LogP contribution in [-0.4, -0.2) is 45.1 Å². The molecule has 0 spiro atoms. The summed E-state index contributed by atoms with van der Waals surface area (Å²) in [6.45, 7) is 0.528. The van der Waals surface area contributed by atoms with E-state index >= 15 is 0 Å². The normalized spacial score (nSPS) is 7.50. The first-order valence-corrected chi connectivity index (χ1v) is 3.35. The Hall–Kier alpha value is 1.70. The minimum absolute atomic E-state index is 0. The predicted octanol–water partition coefficient (Wildman–Crippen LogP) is -7.25. The molecule has 0 unspecified atom stereocenters. The SMILES string of the molecule is CN(C)CC=O.O=S([O-])[O-].[Na+].[Na+]. The van der Waals surface area contributed by atoms with E-state index in [0.29, 0.717) is 6.54 Å². The Kier molecular flexibility index (Phi) is 36.2. The first-order valence-electron chi connectivity index (χ1n) is 2.35. The predicted molar refractivity (Wildman–Crippen MR) is 34.3 cm³/mol. The van der Waals surface area contributed by atoms with E-state index in [1.807, 2.05) is 19.0 Å². The maximum Gasteiger partial charge on any atom is 1.00 e. The molecule has 0 aliphatic rings. The summed E-state index contributed by atoms with van der Waals surface area (Å²) in [6, 6.07) is 0. The molecule has 0 heterocycles. The number of aldehydes is 1. The summed E-state index contributed by atoms with van der Waals surface area (Å²) in [4.78, 5) is 11.4. The standard InChI is InChI=1S/C4H9NO.2Na.H2O3S/c1-5(2)3-4-6;;;1-4(2)3/h4H,3H2,1-2H3;;;(H2,1,2,3)/q;2*+1;/p-2. The molecule has 62 valence electrons. The van der Waals surface area contributed by atoms with E-state index in [4.69, 9.17) is 13.3 Å². The smallest absolute Gasteiger partial charge is 0.784 e. The molecule has 0 radical (unpaired) electrons. The van der Waals surface area contributed by atoms with Crippen LogP contribution < -0.4 is 59.1 Å². The Labute approximate surface area is 119 Å². The van der Waals surface area contributed by atoms with E-state index < -0.39 is 11.4 Å². The van der Waals surface area contributed by atoms with Crippen LogP contribution in [0.4, 0.5) is 0 Å². The van der Waals surface area contributed by atoms with Crippen molar-refractivity contribution < 1.29 is 77.2 Å². The van der Waals surface area contributed by atoms with Crippen molar-refractivity contribution in [1.29, 1.82) is 0 Å². The van der Waals surface area contributed by atoms with Gasteiger partial charge in [0.25, 0.3) is 0 Å². The molecule has 0 amide bonds. The van der Waals surface area contributed by atoms with Gasteiger partial charge in [0.15, 0.2) is 0 Å². The van der Waals surface area contributed by atoms with Gasteiger partial charge in [-0.2, -0.15) is 0 Å². The fraction of sp³-hybridized carbons (Fsp3) is 0.750. The van der Waals surface area contributed by atoms with E-state index in [9.17, 15) is 4.79 Å². The summed E-state index contributed by atoms with van der Waals surface area (Å²) in [5.74, 6) is 0. The van der Waals surface area contributed by atoms with Gasteiger partial charge >= 0.3 is 59.1 Å². The second kappa shape index (κ2) is 18.5. The maximum absolute atomic E-state index is 9.57. The molecule has 0 saturated heterocycles. The summed E-state index contributed by atoms with van der Waals surface area (Å²) >= 11 is -3.11. The van der Waals surface area contributed by atoms with E-state index in [0.717, 1.165) is 6.29 Å². The molecule has 5 nitrogen and oxygen atoms in total. The molecule has 0 saturated carbocycles. The molecule has 0 aromatic carbocycles. The van der Waals surface area contributed by atoms with Crippen LogP contribution in [0.2, 0.25) is 0 Å². The van der Waals surface area contributed by atoms with Crippen LogP contribution in [0.25, 0.3) is 0 Å². The van der Waals surface area contributed by atoms with Crippen molar-refractivity contribution in [2.24, 2.45) is 0 Å². The molecule has 0 atom stereocenters. The molecule has 0 aliphatic heterocycles. The zero-order valence-corrected chi connectivity index (χ0v) is 12.6. The summed E-state index contributed by atoms with van der Waals surface area (Å²) in [7, 11) is 3.71. The monoisotopic (exact) mass is 213 g/mol. The van der Waals surface area contributed by atoms with Crippen molar-refractivity contribution in [2.75, 3.05) is 20.6 Å². The molecule has 0 aromatic rings. The molecule has 12 heavy (non-hydrogen) atoms. The Balaban J connectivity index is -0.0000000483. The van der Waals surface area contributed by atoms with Crippen LogP contribution in [0, 0.1) is 0 Å². The first kappa shape index (κ1) is 23.5. The topological polar surface area (TPSA) is 83.5 Å². The molecule has 0 rings (SSSR count). The van der Waals surface area contributed by atoms with Gasteiger partial charge in [0.05, 0.1) is 6.54 Å². The van der Waals surface area contributed by atoms with Crippen LogP contribution >= 0.6 is 0 Å². The second-order valence-corrected chi connectivity index (χ2v) is 2.04. The molecule has 0 N–H and O–H groups in total. The number of nitrogens with zero attached hydrogens (tertiary/aromatic N) is 1. The molecule has 8 heteroatoms. The van der Waals surface area contributed by atoms with E-state index in [-0.39, 0.29) is 59.1 Å². The summed E-state index contributed by atoms with van der Waals surface area (Å²) in [5.41, 5.74) is 0. The number of hydrogen-bond acceptors (Lipinski definition) is 5. The van der Waals surface area contributed by atoms with Gasteiger partial charge in [-0.15, -0.1) is 11.4 Å². The van der Waals surface area contributed by atoms with Crippen molar-refractivity contribution in [1.82, 2.24) is 4.90 Å². The number of carbonyl (C=O) groups excluding carboxylic acids is 1. The van der Waals surface area contributed by atoms with Gasteiger partial charge in [-0.3, -0.25) is 4.21 Å². The van der Waals surface area contributed by atoms with Crippen molar-refractivity contribution in [3.8, 4) is 0 Å².